The molecule has 0 aromatic carbocycles. The van der Waals surface area contributed by atoms with Gasteiger partial charge in [0.2, 0.25) is 0 Å². The third kappa shape index (κ3) is 2.42. The number of phosphoric ester groups is 1. The zero-order chi connectivity index (χ0) is 16.2. The van der Waals surface area contributed by atoms with Crippen LogP contribution in [0.25, 0.3) is 11.2 Å². The molecule has 0 radical (unpaired) electrons. The molecule has 2 saturated heterocycles. The van der Waals surface area contributed by atoms with Gasteiger partial charge in [0.25, 0.3) is 0 Å². The molecule has 4 N–H and O–H groups in total. The highest BCUT2D eigenvalue weighted by Gasteiger charge is 2.56. The fourth-order valence-electron chi connectivity index (χ4n) is 2.91. The van der Waals surface area contributed by atoms with Gasteiger partial charge in [-0.1, -0.05) is 0 Å². The number of fused-ring (bicyclic) bond motifs is 2. The Morgan fingerprint density at radius 3 is 2.74 bits per heavy atom. The monoisotopic (exact) mass is 343 g/mol. The largest absolute Gasteiger partial charge is 0.473 e. The number of nitrogens with zero attached hydrogens (tertiary/aromatic N) is 4. The number of rotatable bonds is 3. The van der Waals surface area contributed by atoms with Crippen molar-refractivity contribution in [2.45, 2.75) is 31.0 Å². The molecule has 23 heavy (non-hydrogen) atoms. The van der Waals surface area contributed by atoms with E-state index in [2.05, 4.69) is 15.0 Å². The standard InChI is InChI=1S/C11H14N5O6P/c12-10-7-11(14-3-13-10)16(4-15-7)1-5-8-9(6(2-17)20-5)22-23(18,19)21-8/h3-6,8-9,17H,1-2H2,(H,18,19)(H2,12,13,14)/t5-,6+,8?,9?/m0/s1. The fraction of sp³-hybridized carbons (Fsp3) is 0.545. The molecule has 2 aliphatic rings. The Labute approximate surface area is 129 Å². The van der Waals surface area contributed by atoms with E-state index in [9.17, 15) is 14.6 Å². The van der Waals surface area contributed by atoms with Gasteiger partial charge >= 0.3 is 7.82 Å². The summed E-state index contributed by atoms with van der Waals surface area (Å²) in [6.07, 6.45) is -0.0534. The zero-order valence-electron chi connectivity index (χ0n) is 11.7. The summed E-state index contributed by atoms with van der Waals surface area (Å²) in [7, 11) is -4.12. The summed E-state index contributed by atoms with van der Waals surface area (Å²) in [6.45, 7) is -0.102. The van der Waals surface area contributed by atoms with Crippen molar-refractivity contribution in [2.75, 3.05) is 12.3 Å². The van der Waals surface area contributed by atoms with Crippen LogP contribution in [0.1, 0.15) is 0 Å². The van der Waals surface area contributed by atoms with E-state index in [4.69, 9.17) is 19.5 Å². The van der Waals surface area contributed by atoms with Gasteiger partial charge in [-0.05, 0) is 0 Å². The lowest BCUT2D eigenvalue weighted by atomic mass is 10.1. The number of imidazole rings is 1. The van der Waals surface area contributed by atoms with Gasteiger partial charge in [0.1, 0.15) is 36.3 Å². The van der Waals surface area contributed by atoms with E-state index in [0.29, 0.717) is 11.2 Å². The molecule has 0 spiro atoms. The van der Waals surface area contributed by atoms with E-state index < -0.39 is 32.2 Å². The Hall–Kier alpha value is -1.62. The Morgan fingerprint density at radius 1 is 1.26 bits per heavy atom. The number of nitrogens with two attached hydrogens (primary N) is 1. The molecular formula is C11H14N5O6P. The van der Waals surface area contributed by atoms with Crippen LogP contribution >= 0.6 is 7.82 Å². The van der Waals surface area contributed by atoms with Gasteiger partial charge in [0, 0.05) is 0 Å². The van der Waals surface area contributed by atoms with Gasteiger partial charge in [-0.15, -0.1) is 0 Å². The number of ether oxygens (including phenoxy) is 1. The highest BCUT2D eigenvalue weighted by molar-refractivity contribution is 7.47. The van der Waals surface area contributed by atoms with Crippen molar-refractivity contribution in [1.29, 1.82) is 0 Å². The molecule has 4 heterocycles. The molecular weight excluding hydrogens is 329 g/mol. The Morgan fingerprint density at radius 2 is 2.00 bits per heavy atom. The minimum Gasteiger partial charge on any atom is -0.394 e. The molecule has 2 aliphatic heterocycles. The number of anilines is 1. The van der Waals surface area contributed by atoms with Crippen molar-refractivity contribution in [2.24, 2.45) is 0 Å². The molecule has 0 bridgehead atoms. The molecule has 2 fully saturated rings. The molecule has 2 aromatic rings. The molecule has 124 valence electrons. The predicted octanol–water partition coefficient (Wildman–Crippen LogP) is -0.947. The minimum atomic E-state index is -4.12. The van der Waals surface area contributed by atoms with E-state index in [1.54, 1.807) is 4.57 Å². The van der Waals surface area contributed by atoms with Crippen molar-refractivity contribution < 1.29 is 28.3 Å². The molecule has 3 unspecified atom stereocenters. The van der Waals surface area contributed by atoms with E-state index >= 15 is 0 Å². The highest BCUT2D eigenvalue weighted by atomic mass is 31.2. The maximum absolute atomic E-state index is 11.6. The molecule has 0 amide bonds. The third-order valence-corrected chi connectivity index (χ3v) is 4.92. The van der Waals surface area contributed by atoms with Crippen LogP contribution in [0.4, 0.5) is 5.82 Å². The normalized spacial score (nSPS) is 36.6. The lowest BCUT2D eigenvalue weighted by Crippen LogP contribution is -2.32. The summed E-state index contributed by atoms with van der Waals surface area (Å²) in [5.41, 5.74) is 6.70. The summed E-state index contributed by atoms with van der Waals surface area (Å²) in [5, 5.41) is 9.35. The van der Waals surface area contributed by atoms with E-state index in [-0.39, 0.29) is 19.0 Å². The van der Waals surface area contributed by atoms with Crippen molar-refractivity contribution in [3.05, 3.63) is 12.7 Å². The van der Waals surface area contributed by atoms with Gasteiger partial charge in [-0.2, -0.15) is 0 Å². The second-order valence-electron chi connectivity index (χ2n) is 5.33. The van der Waals surface area contributed by atoms with E-state index in [1.807, 2.05) is 0 Å². The van der Waals surface area contributed by atoms with Gasteiger partial charge in [0.15, 0.2) is 11.5 Å². The molecule has 0 saturated carbocycles. The van der Waals surface area contributed by atoms with Crippen LogP contribution < -0.4 is 5.73 Å². The van der Waals surface area contributed by atoms with Gasteiger partial charge < -0.3 is 25.0 Å². The van der Waals surface area contributed by atoms with Crippen molar-refractivity contribution in [3.63, 3.8) is 0 Å². The molecule has 5 atom stereocenters. The molecule has 2 aromatic heterocycles. The van der Waals surface area contributed by atoms with Crippen molar-refractivity contribution >= 4 is 24.8 Å². The average Bonchev–Trinajstić information content (AvgIpc) is 3.13. The first-order valence-electron chi connectivity index (χ1n) is 6.86. The first-order valence-corrected chi connectivity index (χ1v) is 8.35. The lowest BCUT2D eigenvalue weighted by Gasteiger charge is -2.17. The van der Waals surface area contributed by atoms with Crippen LogP contribution in [-0.2, 0) is 24.9 Å². The number of aliphatic hydroxyl groups excluding tert-OH is 1. The van der Waals surface area contributed by atoms with Crippen LogP contribution in [0.3, 0.4) is 0 Å². The Bertz CT molecular complexity index is 798. The van der Waals surface area contributed by atoms with Crippen molar-refractivity contribution in [3.8, 4) is 0 Å². The van der Waals surface area contributed by atoms with E-state index in [0.717, 1.165) is 0 Å². The highest BCUT2D eigenvalue weighted by Crippen LogP contribution is 2.56. The molecule has 4 rings (SSSR count). The zero-order valence-corrected chi connectivity index (χ0v) is 12.6. The summed E-state index contributed by atoms with van der Waals surface area (Å²) in [4.78, 5) is 21.6. The first kappa shape index (κ1) is 14.9. The first-order chi connectivity index (χ1) is 11.0. The van der Waals surface area contributed by atoms with Crippen LogP contribution in [0.15, 0.2) is 12.7 Å². The summed E-state index contributed by atoms with van der Waals surface area (Å²) < 4.78 is 29.0. The van der Waals surface area contributed by atoms with Crippen LogP contribution in [0.5, 0.6) is 0 Å². The molecule has 0 aliphatic carbocycles. The smallest absolute Gasteiger partial charge is 0.394 e. The predicted molar refractivity (Wildman–Crippen MR) is 75.1 cm³/mol. The average molecular weight is 343 g/mol. The van der Waals surface area contributed by atoms with Crippen LogP contribution in [0.2, 0.25) is 0 Å². The molecule has 12 heteroatoms. The van der Waals surface area contributed by atoms with Crippen LogP contribution in [-0.4, -0.2) is 60.5 Å². The van der Waals surface area contributed by atoms with Crippen molar-refractivity contribution in [1.82, 2.24) is 19.5 Å². The SMILES string of the molecule is Nc1ncnc2c1ncn2C[C@@H]1O[C@H](CO)C2OP(=O)(O)OC21. The number of phosphoric acid groups is 1. The minimum absolute atomic E-state index is 0.244. The summed E-state index contributed by atoms with van der Waals surface area (Å²) in [6, 6.07) is 0. The second kappa shape index (κ2) is 5.20. The Balaban J connectivity index is 1.63. The lowest BCUT2D eigenvalue weighted by molar-refractivity contribution is -0.0344. The maximum Gasteiger partial charge on any atom is 0.473 e. The maximum atomic E-state index is 11.6. The van der Waals surface area contributed by atoms with E-state index in [1.165, 1.54) is 12.7 Å². The quantitative estimate of drug-likeness (QED) is 0.594. The van der Waals surface area contributed by atoms with Gasteiger partial charge in [0.05, 0.1) is 19.5 Å². The molecule has 11 nitrogen and oxygen atoms in total. The third-order valence-electron chi connectivity index (χ3n) is 3.90. The number of aromatic nitrogens is 4. The second-order valence-corrected chi connectivity index (χ2v) is 6.69. The van der Waals surface area contributed by atoms with Gasteiger partial charge in [-0.3, -0.25) is 9.05 Å². The fourth-order valence-corrected chi connectivity index (χ4v) is 4.09. The number of aliphatic hydroxyl groups is 1. The topological polar surface area (TPSA) is 155 Å². The summed E-state index contributed by atoms with van der Waals surface area (Å²) in [5.74, 6) is 0.257. The summed E-state index contributed by atoms with van der Waals surface area (Å²) >= 11 is 0. The Kier molecular flexibility index (Phi) is 3.38. The van der Waals surface area contributed by atoms with Gasteiger partial charge in [-0.25, -0.2) is 19.5 Å². The number of hydrogen-bond donors (Lipinski definition) is 3. The van der Waals surface area contributed by atoms with Crippen LogP contribution in [0, 0.1) is 0 Å². The number of nitrogen functional groups attached to an aromatic ring is 1. The number of hydrogen-bond acceptors (Lipinski definition) is 9.